The number of likely N-dealkylation sites (tertiary alicyclic amines) is 1. The summed E-state index contributed by atoms with van der Waals surface area (Å²) < 4.78 is 10.5. The van der Waals surface area contributed by atoms with Gasteiger partial charge in [-0.1, -0.05) is 36.3 Å². The Bertz CT molecular complexity index is 1020. The van der Waals surface area contributed by atoms with Crippen molar-refractivity contribution in [2.75, 3.05) is 20.2 Å². The van der Waals surface area contributed by atoms with Gasteiger partial charge in [0.05, 0.1) is 13.7 Å². The van der Waals surface area contributed by atoms with Crippen molar-refractivity contribution in [3.8, 4) is 17.1 Å². The molecule has 3 aromatic rings. The Hall–Kier alpha value is -3.19. The summed E-state index contributed by atoms with van der Waals surface area (Å²) in [6.45, 7) is 5.70. The first kappa shape index (κ1) is 21.1. The molecule has 1 aliphatic heterocycles. The molecule has 1 N–H and O–H groups in total. The third-order valence-corrected chi connectivity index (χ3v) is 5.56. The SMILES string of the molecule is COc1cccc(-c2noc(CNC(=O)c3ccc(CN4CCC[C@@H](C)C4)cc3)n2)c1. The minimum atomic E-state index is -0.167. The maximum Gasteiger partial charge on any atom is 0.251 e. The van der Waals surface area contributed by atoms with Crippen LogP contribution in [0.3, 0.4) is 0 Å². The van der Waals surface area contributed by atoms with E-state index < -0.39 is 0 Å². The Morgan fingerprint density at radius 3 is 2.87 bits per heavy atom. The Morgan fingerprint density at radius 1 is 1.26 bits per heavy atom. The van der Waals surface area contributed by atoms with E-state index in [2.05, 4.69) is 27.3 Å². The molecule has 2 aromatic carbocycles. The molecular formula is C24H28N4O3. The van der Waals surface area contributed by atoms with Gasteiger partial charge in [-0.3, -0.25) is 9.69 Å². The van der Waals surface area contributed by atoms with Crippen LogP contribution in [0.1, 0.15) is 41.6 Å². The summed E-state index contributed by atoms with van der Waals surface area (Å²) in [6, 6.07) is 15.2. The van der Waals surface area contributed by atoms with Gasteiger partial charge in [0, 0.05) is 24.2 Å². The van der Waals surface area contributed by atoms with Crippen LogP contribution in [-0.2, 0) is 13.1 Å². The number of benzene rings is 2. The molecule has 2 heterocycles. The first-order valence-corrected chi connectivity index (χ1v) is 10.7. The number of carbonyl (C=O) groups excluding carboxylic acids is 1. The van der Waals surface area contributed by atoms with Crippen molar-refractivity contribution in [1.82, 2.24) is 20.4 Å². The Labute approximate surface area is 182 Å². The Morgan fingerprint density at radius 2 is 2.10 bits per heavy atom. The van der Waals surface area contributed by atoms with Gasteiger partial charge in [-0.25, -0.2) is 0 Å². The molecule has 0 radical (unpaired) electrons. The lowest BCUT2D eigenvalue weighted by Gasteiger charge is -2.30. The number of methoxy groups -OCH3 is 1. The molecule has 0 bridgehead atoms. The van der Waals surface area contributed by atoms with Gasteiger partial charge in [0.2, 0.25) is 11.7 Å². The number of amides is 1. The fourth-order valence-corrected chi connectivity index (χ4v) is 3.91. The average molecular weight is 421 g/mol. The highest BCUT2D eigenvalue weighted by Gasteiger charge is 2.16. The molecule has 1 atom stereocenters. The van der Waals surface area contributed by atoms with Crippen LogP contribution in [0.25, 0.3) is 11.4 Å². The van der Waals surface area contributed by atoms with E-state index in [9.17, 15) is 4.79 Å². The maximum absolute atomic E-state index is 12.5. The van der Waals surface area contributed by atoms with Crippen LogP contribution in [0, 0.1) is 5.92 Å². The molecule has 162 valence electrons. The highest BCUT2D eigenvalue weighted by Crippen LogP contribution is 2.21. The third-order valence-electron chi connectivity index (χ3n) is 5.56. The summed E-state index contributed by atoms with van der Waals surface area (Å²) in [5, 5.41) is 6.83. The van der Waals surface area contributed by atoms with E-state index in [4.69, 9.17) is 9.26 Å². The summed E-state index contributed by atoms with van der Waals surface area (Å²) in [6.07, 6.45) is 2.58. The number of rotatable bonds is 7. The number of carbonyl (C=O) groups is 1. The fraction of sp³-hybridized carbons (Fsp3) is 0.375. The first-order chi connectivity index (χ1) is 15.1. The van der Waals surface area contributed by atoms with Gasteiger partial charge < -0.3 is 14.6 Å². The molecule has 7 nitrogen and oxygen atoms in total. The van der Waals surface area contributed by atoms with Crippen LogP contribution in [0.15, 0.2) is 53.1 Å². The number of hydrogen-bond acceptors (Lipinski definition) is 6. The van der Waals surface area contributed by atoms with Crippen molar-refractivity contribution in [2.24, 2.45) is 5.92 Å². The Kier molecular flexibility index (Phi) is 6.62. The van der Waals surface area contributed by atoms with Crippen LogP contribution >= 0.6 is 0 Å². The Balaban J connectivity index is 1.31. The molecule has 0 saturated carbocycles. The van der Waals surface area contributed by atoms with Gasteiger partial charge >= 0.3 is 0 Å². The number of piperidine rings is 1. The molecular weight excluding hydrogens is 392 g/mol. The van der Waals surface area contributed by atoms with E-state index in [1.165, 1.54) is 18.4 Å². The lowest BCUT2D eigenvalue weighted by atomic mass is 9.99. The molecule has 1 saturated heterocycles. The summed E-state index contributed by atoms with van der Waals surface area (Å²) >= 11 is 0. The van der Waals surface area contributed by atoms with Crippen molar-refractivity contribution in [3.63, 3.8) is 0 Å². The topological polar surface area (TPSA) is 80.5 Å². The molecule has 1 fully saturated rings. The van der Waals surface area contributed by atoms with Gasteiger partial charge in [-0.2, -0.15) is 4.98 Å². The number of ether oxygens (including phenoxy) is 1. The van der Waals surface area contributed by atoms with Crippen molar-refractivity contribution in [3.05, 3.63) is 65.5 Å². The van der Waals surface area contributed by atoms with Gasteiger partial charge in [-0.15, -0.1) is 0 Å². The number of nitrogens with zero attached hydrogens (tertiary/aromatic N) is 3. The average Bonchev–Trinajstić information content (AvgIpc) is 3.27. The quantitative estimate of drug-likeness (QED) is 0.624. The van der Waals surface area contributed by atoms with E-state index in [0.29, 0.717) is 17.3 Å². The van der Waals surface area contributed by atoms with Crippen molar-refractivity contribution >= 4 is 5.91 Å². The van der Waals surface area contributed by atoms with Crippen LogP contribution in [0.4, 0.5) is 0 Å². The van der Waals surface area contributed by atoms with Gasteiger partial charge in [-0.05, 0) is 55.1 Å². The predicted molar refractivity (Wildman–Crippen MR) is 118 cm³/mol. The zero-order valence-corrected chi connectivity index (χ0v) is 18.0. The molecule has 7 heteroatoms. The maximum atomic E-state index is 12.5. The number of hydrogen-bond donors (Lipinski definition) is 1. The molecule has 0 spiro atoms. The molecule has 1 aliphatic rings. The van der Waals surface area contributed by atoms with E-state index in [1.807, 2.05) is 48.5 Å². The van der Waals surface area contributed by atoms with Gasteiger partial charge in [0.15, 0.2) is 0 Å². The second-order valence-corrected chi connectivity index (χ2v) is 8.11. The summed E-state index contributed by atoms with van der Waals surface area (Å²) in [5.41, 5.74) is 2.63. The van der Waals surface area contributed by atoms with Crippen LogP contribution in [-0.4, -0.2) is 41.1 Å². The van der Waals surface area contributed by atoms with E-state index >= 15 is 0 Å². The van der Waals surface area contributed by atoms with E-state index in [1.54, 1.807) is 7.11 Å². The molecule has 0 aliphatic carbocycles. The lowest BCUT2D eigenvalue weighted by Crippen LogP contribution is -2.33. The second-order valence-electron chi connectivity index (χ2n) is 8.11. The standard InChI is InChI=1S/C24H28N4O3/c1-17-5-4-12-28(15-17)16-18-8-10-19(11-9-18)24(29)25-14-22-26-23(27-31-22)20-6-3-7-21(13-20)30-2/h3,6-11,13,17H,4-5,12,14-16H2,1-2H3,(H,25,29)/t17-/m1/s1. The van der Waals surface area contributed by atoms with Crippen molar-refractivity contribution < 1.29 is 14.1 Å². The van der Waals surface area contributed by atoms with Crippen molar-refractivity contribution in [2.45, 2.75) is 32.9 Å². The predicted octanol–water partition coefficient (Wildman–Crippen LogP) is 3.91. The molecule has 0 unspecified atom stereocenters. The minimum Gasteiger partial charge on any atom is -0.497 e. The molecule has 4 rings (SSSR count). The smallest absolute Gasteiger partial charge is 0.251 e. The summed E-state index contributed by atoms with van der Waals surface area (Å²) in [5.74, 6) is 2.11. The highest BCUT2D eigenvalue weighted by molar-refractivity contribution is 5.94. The van der Waals surface area contributed by atoms with Gasteiger partial charge in [0.25, 0.3) is 5.91 Å². The normalized spacial score (nSPS) is 16.8. The lowest BCUT2D eigenvalue weighted by molar-refractivity contribution is 0.0946. The van der Waals surface area contributed by atoms with E-state index in [0.717, 1.165) is 36.9 Å². The molecule has 1 aromatic heterocycles. The monoisotopic (exact) mass is 420 g/mol. The second kappa shape index (κ2) is 9.75. The van der Waals surface area contributed by atoms with Crippen LogP contribution in [0.2, 0.25) is 0 Å². The van der Waals surface area contributed by atoms with Crippen LogP contribution < -0.4 is 10.1 Å². The fourth-order valence-electron chi connectivity index (χ4n) is 3.91. The van der Waals surface area contributed by atoms with Crippen LogP contribution in [0.5, 0.6) is 5.75 Å². The zero-order chi connectivity index (χ0) is 21.6. The summed E-state index contributed by atoms with van der Waals surface area (Å²) in [4.78, 5) is 19.3. The van der Waals surface area contributed by atoms with Crippen molar-refractivity contribution in [1.29, 1.82) is 0 Å². The number of nitrogens with one attached hydrogen (secondary N) is 1. The highest BCUT2D eigenvalue weighted by atomic mass is 16.5. The molecule has 31 heavy (non-hydrogen) atoms. The third kappa shape index (κ3) is 5.49. The minimum absolute atomic E-state index is 0.167. The largest absolute Gasteiger partial charge is 0.497 e. The zero-order valence-electron chi connectivity index (χ0n) is 18.0. The van der Waals surface area contributed by atoms with E-state index in [-0.39, 0.29) is 12.5 Å². The summed E-state index contributed by atoms with van der Waals surface area (Å²) in [7, 11) is 1.61. The van der Waals surface area contributed by atoms with Gasteiger partial charge in [0.1, 0.15) is 5.75 Å². The number of aromatic nitrogens is 2. The first-order valence-electron chi connectivity index (χ1n) is 10.7. The molecule has 1 amide bonds.